The maximum absolute atomic E-state index is 4.21. The molecule has 0 aromatic rings. The van der Waals surface area contributed by atoms with E-state index in [0.717, 1.165) is 11.7 Å². The van der Waals surface area contributed by atoms with Gasteiger partial charge in [-0.25, -0.2) is 0 Å². The third-order valence-electron chi connectivity index (χ3n) is 2.51. The van der Waals surface area contributed by atoms with Crippen LogP contribution in [0.5, 0.6) is 0 Å². The number of thiol groups is 1. The molecular weight excluding hydrogens is 154 g/mol. The summed E-state index contributed by atoms with van der Waals surface area (Å²) in [6.07, 6.45) is 4.04. The lowest BCUT2D eigenvalue weighted by molar-refractivity contribution is 0.193. The Bertz CT molecular complexity index is 95.0. The molecule has 0 aromatic heterocycles. The van der Waals surface area contributed by atoms with Crippen LogP contribution in [0.3, 0.4) is 0 Å². The van der Waals surface area contributed by atoms with Gasteiger partial charge in [0, 0.05) is 0 Å². The highest BCUT2D eigenvalue weighted by Gasteiger charge is 2.14. The SMILES string of the molecule is CC1CCN(CCCS)CC1. The molecule has 1 heterocycles. The Labute approximate surface area is 75.6 Å². The van der Waals surface area contributed by atoms with Crippen LogP contribution in [0, 0.1) is 5.92 Å². The summed E-state index contributed by atoms with van der Waals surface area (Å²) in [4.78, 5) is 2.57. The molecule has 0 bridgehead atoms. The first-order valence-corrected chi connectivity index (χ1v) is 5.29. The van der Waals surface area contributed by atoms with Gasteiger partial charge in [0.05, 0.1) is 0 Å². The largest absolute Gasteiger partial charge is 0.303 e. The third kappa shape index (κ3) is 3.48. The summed E-state index contributed by atoms with van der Waals surface area (Å²) in [6.45, 7) is 6.25. The Morgan fingerprint density at radius 1 is 1.36 bits per heavy atom. The van der Waals surface area contributed by atoms with E-state index in [0.29, 0.717) is 0 Å². The van der Waals surface area contributed by atoms with Crippen LogP contribution in [-0.2, 0) is 0 Å². The summed E-state index contributed by atoms with van der Waals surface area (Å²) < 4.78 is 0. The second kappa shape index (κ2) is 5.04. The topological polar surface area (TPSA) is 3.24 Å². The van der Waals surface area contributed by atoms with Crippen molar-refractivity contribution in [2.45, 2.75) is 26.2 Å². The lowest BCUT2D eigenvalue weighted by Crippen LogP contribution is -2.33. The van der Waals surface area contributed by atoms with Crippen molar-refractivity contribution in [3.63, 3.8) is 0 Å². The van der Waals surface area contributed by atoms with Crippen LogP contribution in [-0.4, -0.2) is 30.3 Å². The van der Waals surface area contributed by atoms with Crippen LogP contribution in [0.25, 0.3) is 0 Å². The molecule has 0 radical (unpaired) electrons. The van der Waals surface area contributed by atoms with Crippen LogP contribution in [0.1, 0.15) is 26.2 Å². The quantitative estimate of drug-likeness (QED) is 0.639. The zero-order valence-electron chi connectivity index (χ0n) is 7.42. The van der Waals surface area contributed by atoms with Gasteiger partial charge >= 0.3 is 0 Å². The molecule has 66 valence electrons. The predicted molar refractivity (Wildman–Crippen MR) is 53.3 cm³/mol. The van der Waals surface area contributed by atoms with Crippen molar-refractivity contribution in [1.29, 1.82) is 0 Å². The van der Waals surface area contributed by atoms with E-state index in [1.807, 2.05) is 0 Å². The van der Waals surface area contributed by atoms with Gasteiger partial charge in [0.1, 0.15) is 0 Å². The summed E-state index contributed by atoms with van der Waals surface area (Å²) >= 11 is 4.21. The summed E-state index contributed by atoms with van der Waals surface area (Å²) in [5.74, 6) is 1.99. The number of hydrogen-bond acceptors (Lipinski definition) is 2. The highest BCUT2D eigenvalue weighted by atomic mass is 32.1. The van der Waals surface area contributed by atoms with Crippen LogP contribution in [0.2, 0.25) is 0 Å². The molecule has 2 heteroatoms. The van der Waals surface area contributed by atoms with Crippen molar-refractivity contribution in [3.8, 4) is 0 Å². The monoisotopic (exact) mass is 173 g/mol. The van der Waals surface area contributed by atoms with Gasteiger partial charge in [-0.15, -0.1) is 0 Å². The fourth-order valence-electron chi connectivity index (χ4n) is 1.58. The highest BCUT2D eigenvalue weighted by Crippen LogP contribution is 2.15. The fraction of sp³-hybridized carbons (Fsp3) is 1.00. The highest BCUT2D eigenvalue weighted by molar-refractivity contribution is 7.80. The molecule has 0 spiro atoms. The Balaban J connectivity index is 2.07. The van der Waals surface area contributed by atoms with Gasteiger partial charge in [-0.1, -0.05) is 6.92 Å². The predicted octanol–water partition coefficient (Wildman–Crippen LogP) is 2.04. The summed E-state index contributed by atoms with van der Waals surface area (Å²) in [5.41, 5.74) is 0. The van der Waals surface area contributed by atoms with E-state index < -0.39 is 0 Å². The molecule has 11 heavy (non-hydrogen) atoms. The Morgan fingerprint density at radius 2 is 2.00 bits per heavy atom. The Hall–Kier alpha value is 0.310. The molecule has 1 aliphatic heterocycles. The van der Waals surface area contributed by atoms with Gasteiger partial charge in [-0.2, -0.15) is 12.6 Å². The van der Waals surface area contributed by atoms with E-state index in [2.05, 4.69) is 24.5 Å². The summed E-state index contributed by atoms with van der Waals surface area (Å²) in [6, 6.07) is 0. The molecule has 0 amide bonds. The van der Waals surface area contributed by atoms with Crippen LogP contribution in [0.4, 0.5) is 0 Å². The summed E-state index contributed by atoms with van der Waals surface area (Å²) in [5, 5.41) is 0. The standard InChI is InChI=1S/C9H19NS/c1-9-3-6-10(7-4-9)5-2-8-11/h9,11H,2-8H2,1H3. The molecule has 0 aliphatic carbocycles. The molecule has 1 rings (SSSR count). The zero-order chi connectivity index (χ0) is 8.10. The lowest BCUT2D eigenvalue weighted by atomic mass is 9.99. The number of nitrogens with zero attached hydrogens (tertiary/aromatic N) is 1. The van der Waals surface area contributed by atoms with Crippen LogP contribution >= 0.6 is 12.6 Å². The number of piperidine rings is 1. The minimum atomic E-state index is 0.960. The van der Waals surface area contributed by atoms with E-state index in [1.165, 1.54) is 38.9 Å². The molecule has 0 N–H and O–H groups in total. The van der Waals surface area contributed by atoms with Gasteiger partial charge in [0.15, 0.2) is 0 Å². The number of hydrogen-bond donors (Lipinski definition) is 1. The van der Waals surface area contributed by atoms with Crippen molar-refractivity contribution < 1.29 is 0 Å². The molecule has 1 saturated heterocycles. The van der Waals surface area contributed by atoms with Gasteiger partial charge in [0.25, 0.3) is 0 Å². The van der Waals surface area contributed by atoms with Crippen molar-refractivity contribution in [2.24, 2.45) is 5.92 Å². The smallest absolute Gasteiger partial charge is 0.00110 e. The molecule has 0 aromatic carbocycles. The van der Waals surface area contributed by atoms with E-state index in [9.17, 15) is 0 Å². The average Bonchev–Trinajstić information content (AvgIpc) is 2.04. The van der Waals surface area contributed by atoms with E-state index >= 15 is 0 Å². The molecule has 1 nitrogen and oxygen atoms in total. The molecular formula is C9H19NS. The van der Waals surface area contributed by atoms with Crippen molar-refractivity contribution in [1.82, 2.24) is 4.90 Å². The first-order valence-electron chi connectivity index (χ1n) is 4.66. The van der Waals surface area contributed by atoms with Gasteiger partial charge < -0.3 is 4.90 Å². The zero-order valence-corrected chi connectivity index (χ0v) is 8.32. The van der Waals surface area contributed by atoms with E-state index in [1.54, 1.807) is 0 Å². The Kier molecular flexibility index (Phi) is 4.31. The van der Waals surface area contributed by atoms with E-state index in [-0.39, 0.29) is 0 Å². The molecule has 1 aliphatic rings. The first kappa shape index (κ1) is 9.40. The van der Waals surface area contributed by atoms with Gasteiger partial charge in [-0.05, 0) is 50.6 Å². The minimum Gasteiger partial charge on any atom is -0.303 e. The second-order valence-corrected chi connectivity index (χ2v) is 4.05. The summed E-state index contributed by atoms with van der Waals surface area (Å²) in [7, 11) is 0. The lowest BCUT2D eigenvalue weighted by Gasteiger charge is -2.29. The molecule has 0 saturated carbocycles. The van der Waals surface area contributed by atoms with Gasteiger partial charge in [0.2, 0.25) is 0 Å². The molecule has 0 atom stereocenters. The maximum Gasteiger partial charge on any atom is -0.00110 e. The van der Waals surface area contributed by atoms with Crippen LogP contribution < -0.4 is 0 Å². The number of likely N-dealkylation sites (tertiary alicyclic amines) is 1. The van der Waals surface area contributed by atoms with Gasteiger partial charge in [-0.3, -0.25) is 0 Å². The maximum atomic E-state index is 4.21. The number of rotatable bonds is 3. The minimum absolute atomic E-state index is 0.960. The van der Waals surface area contributed by atoms with Crippen molar-refractivity contribution in [2.75, 3.05) is 25.4 Å². The average molecular weight is 173 g/mol. The third-order valence-corrected chi connectivity index (χ3v) is 2.82. The van der Waals surface area contributed by atoms with Crippen LogP contribution in [0.15, 0.2) is 0 Å². The first-order chi connectivity index (χ1) is 5.33. The second-order valence-electron chi connectivity index (χ2n) is 3.60. The van der Waals surface area contributed by atoms with E-state index in [4.69, 9.17) is 0 Å². The Morgan fingerprint density at radius 3 is 2.55 bits per heavy atom. The molecule has 1 fully saturated rings. The normalized spacial score (nSPS) is 22.4. The fourth-order valence-corrected chi connectivity index (χ4v) is 1.72. The van der Waals surface area contributed by atoms with Crippen molar-refractivity contribution >= 4 is 12.6 Å². The molecule has 0 unspecified atom stereocenters. The van der Waals surface area contributed by atoms with Crippen molar-refractivity contribution in [3.05, 3.63) is 0 Å².